The number of piperidine rings is 1. The van der Waals surface area contributed by atoms with Crippen molar-refractivity contribution in [2.45, 2.75) is 121 Å². The number of likely N-dealkylation sites (tertiary alicyclic amines) is 1. The summed E-state index contributed by atoms with van der Waals surface area (Å²) in [6.07, 6.45) is 11.4. The Bertz CT molecular complexity index is 1090. The minimum absolute atomic E-state index is 0.0308. The van der Waals surface area contributed by atoms with Crippen LogP contribution in [0, 0.1) is 0 Å². The fourth-order valence-electron chi connectivity index (χ4n) is 6.69. The minimum Gasteiger partial charge on any atom is -0.474 e. The summed E-state index contributed by atoms with van der Waals surface area (Å²) in [6.45, 7) is 13.0. The number of nitrogens with one attached hydrogen (secondary N) is 1. The maximum atomic E-state index is 10.1. The van der Waals surface area contributed by atoms with Crippen molar-refractivity contribution in [1.82, 2.24) is 19.9 Å². The average Bonchev–Trinajstić information content (AvgIpc) is 3.55. The summed E-state index contributed by atoms with van der Waals surface area (Å²) in [5.41, 5.74) is 2.12. The fraction of sp³-hybridized carbons (Fsp3) is 0.759. The quantitative estimate of drug-likeness (QED) is 0.508. The van der Waals surface area contributed by atoms with Crippen molar-refractivity contribution < 1.29 is 14.6 Å². The van der Waals surface area contributed by atoms with Gasteiger partial charge < -0.3 is 19.9 Å². The van der Waals surface area contributed by atoms with Crippen LogP contribution in [-0.4, -0.2) is 74.0 Å². The molecule has 0 aromatic carbocycles. The molecule has 0 spiro atoms. The van der Waals surface area contributed by atoms with E-state index in [1.165, 1.54) is 0 Å². The number of hydrogen-bond donors (Lipinski definition) is 2. The second kappa shape index (κ2) is 9.93. The Morgan fingerprint density at radius 2 is 1.68 bits per heavy atom. The Labute approximate surface area is 221 Å². The molecule has 5 rings (SSSR count). The Morgan fingerprint density at radius 1 is 1.00 bits per heavy atom. The van der Waals surface area contributed by atoms with Crippen molar-refractivity contribution >= 4 is 16.9 Å². The van der Waals surface area contributed by atoms with Crippen LogP contribution in [0.5, 0.6) is 5.88 Å². The molecule has 8 heteroatoms. The summed E-state index contributed by atoms with van der Waals surface area (Å²) >= 11 is 0. The SMILES string of the molecule is COCCN1C(C)(C)CC(Oc2ncc([C@H]3CC[C@H](O)CC3)c3nc(NC4(C)CC4)ncc23)CC1(C)C. The van der Waals surface area contributed by atoms with Crippen molar-refractivity contribution in [3.8, 4) is 5.88 Å². The summed E-state index contributed by atoms with van der Waals surface area (Å²) in [6, 6.07) is 0. The van der Waals surface area contributed by atoms with Crippen LogP contribution in [0.15, 0.2) is 12.4 Å². The molecule has 3 heterocycles. The number of aliphatic hydroxyl groups is 1. The zero-order chi connectivity index (χ0) is 26.4. The lowest BCUT2D eigenvalue weighted by molar-refractivity contribution is -0.0815. The van der Waals surface area contributed by atoms with Gasteiger partial charge in [0.2, 0.25) is 11.8 Å². The molecular formula is C29H45N5O3. The van der Waals surface area contributed by atoms with E-state index in [-0.39, 0.29) is 28.8 Å². The van der Waals surface area contributed by atoms with E-state index >= 15 is 0 Å². The van der Waals surface area contributed by atoms with Crippen LogP contribution < -0.4 is 10.1 Å². The van der Waals surface area contributed by atoms with E-state index in [1.807, 2.05) is 12.4 Å². The summed E-state index contributed by atoms with van der Waals surface area (Å²) < 4.78 is 12.1. The highest BCUT2D eigenvalue weighted by molar-refractivity contribution is 5.86. The van der Waals surface area contributed by atoms with E-state index in [0.717, 1.165) is 81.0 Å². The molecule has 2 aromatic heterocycles. The van der Waals surface area contributed by atoms with Crippen LogP contribution in [0.3, 0.4) is 0 Å². The number of ether oxygens (including phenoxy) is 2. The normalized spacial score (nSPS) is 27.2. The summed E-state index contributed by atoms with van der Waals surface area (Å²) in [7, 11) is 1.76. The van der Waals surface area contributed by atoms with Gasteiger partial charge in [-0.05, 0) is 79.1 Å². The molecular weight excluding hydrogens is 466 g/mol. The van der Waals surface area contributed by atoms with Gasteiger partial charge in [0.25, 0.3) is 0 Å². The van der Waals surface area contributed by atoms with Gasteiger partial charge in [-0.25, -0.2) is 15.0 Å². The van der Waals surface area contributed by atoms with E-state index in [0.29, 0.717) is 17.7 Å². The van der Waals surface area contributed by atoms with Crippen molar-refractivity contribution in [1.29, 1.82) is 0 Å². The lowest BCUT2D eigenvalue weighted by Gasteiger charge is -2.55. The maximum Gasteiger partial charge on any atom is 0.224 e. The van der Waals surface area contributed by atoms with Gasteiger partial charge in [-0.2, -0.15) is 0 Å². The molecule has 2 aliphatic carbocycles. The third-order valence-corrected chi connectivity index (χ3v) is 8.88. The van der Waals surface area contributed by atoms with Gasteiger partial charge in [-0.1, -0.05) is 0 Å². The molecule has 2 saturated carbocycles. The molecule has 3 fully saturated rings. The highest BCUT2D eigenvalue weighted by Crippen LogP contribution is 2.42. The van der Waals surface area contributed by atoms with Crippen molar-refractivity contribution in [3.05, 3.63) is 18.0 Å². The molecule has 0 amide bonds. The second-order valence-corrected chi connectivity index (χ2v) is 13.1. The second-order valence-electron chi connectivity index (χ2n) is 13.1. The summed E-state index contributed by atoms with van der Waals surface area (Å²) in [4.78, 5) is 17.1. The molecule has 0 bridgehead atoms. The van der Waals surface area contributed by atoms with Crippen molar-refractivity contribution in [3.63, 3.8) is 0 Å². The van der Waals surface area contributed by atoms with Gasteiger partial charge in [-0.15, -0.1) is 0 Å². The van der Waals surface area contributed by atoms with Crippen LogP contribution in [0.4, 0.5) is 5.95 Å². The lowest BCUT2D eigenvalue weighted by atomic mass is 9.78. The number of fused-ring (bicyclic) bond motifs is 1. The standard InChI is InChI=1S/C29H45N5O3/c1-27(2)15-21(16-28(3,4)34(27)13-14-36-6)37-25-23-18-31-26(33-29(5)11-12-29)32-24(23)22(17-30-25)19-7-9-20(35)10-8-19/h17-21,35H,7-16H2,1-6H3,(H,31,32,33)/t19-,20-. The van der Waals surface area contributed by atoms with Crippen LogP contribution in [0.1, 0.15) is 97.5 Å². The van der Waals surface area contributed by atoms with E-state index in [1.54, 1.807) is 7.11 Å². The smallest absolute Gasteiger partial charge is 0.224 e. The molecule has 0 radical (unpaired) electrons. The number of pyridine rings is 1. The Morgan fingerprint density at radius 3 is 2.30 bits per heavy atom. The topological polar surface area (TPSA) is 92.6 Å². The molecule has 0 unspecified atom stereocenters. The number of nitrogens with zero attached hydrogens (tertiary/aromatic N) is 4. The van der Waals surface area contributed by atoms with Crippen LogP contribution in [0.25, 0.3) is 10.9 Å². The maximum absolute atomic E-state index is 10.1. The predicted octanol–water partition coefficient (Wildman–Crippen LogP) is 5.05. The molecule has 37 heavy (non-hydrogen) atoms. The Hall–Kier alpha value is -2.03. The Balaban J connectivity index is 1.45. The third-order valence-electron chi connectivity index (χ3n) is 8.88. The van der Waals surface area contributed by atoms with Crippen LogP contribution >= 0.6 is 0 Å². The van der Waals surface area contributed by atoms with Gasteiger partial charge in [-0.3, -0.25) is 4.90 Å². The lowest BCUT2D eigenvalue weighted by Crippen LogP contribution is -2.63. The van der Waals surface area contributed by atoms with Gasteiger partial charge in [0.1, 0.15) is 6.10 Å². The van der Waals surface area contributed by atoms with Crippen molar-refractivity contribution in [2.24, 2.45) is 0 Å². The van der Waals surface area contributed by atoms with Gasteiger partial charge in [0, 0.05) is 61.1 Å². The van der Waals surface area contributed by atoms with Gasteiger partial charge in [0.05, 0.1) is 23.6 Å². The first kappa shape index (κ1) is 26.6. The van der Waals surface area contributed by atoms with Gasteiger partial charge in [0.15, 0.2) is 0 Å². The Kier molecular flexibility index (Phi) is 7.13. The molecule has 2 aromatic rings. The summed E-state index contributed by atoms with van der Waals surface area (Å²) in [5, 5.41) is 14.5. The van der Waals surface area contributed by atoms with Crippen LogP contribution in [-0.2, 0) is 4.74 Å². The summed E-state index contributed by atoms with van der Waals surface area (Å²) in [5.74, 6) is 1.64. The third kappa shape index (κ3) is 5.71. The molecule has 8 nitrogen and oxygen atoms in total. The number of anilines is 1. The number of aromatic nitrogens is 3. The van der Waals surface area contributed by atoms with Crippen LogP contribution in [0.2, 0.25) is 0 Å². The first-order valence-electron chi connectivity index (χ1n) is 14.0. The number of rotatable bonds is 8. The van der Waals surface area contributed by atoms with Gasteiger partial charge >= 0.3 is 0 Å². The molecule has 1 saturated heterocycles. The predicted molar refractivity (Wildman–Crippen MR) is 146 cm³/mol. The molecule has 3 aliphatic rings. The number of methoxy groups -OCH3 is 1. The van der Waals surface area contributed by atoms with E-state index in [4.69, 9.17) is 19.4 Å². The number of hydrogen-bond acceptors (Lipinski definition) is 8. The highest BCUT2D eigenvalue weighted by atomic mass is 16.5. The zero-order valence-electron chi connectivity index (χ0n) is 23.5. The zero-order valence-corrected chi connectivity index (χ0v) is 23.5. The molecule has 204 valence electrons. The number of aliphatic hydroxyl groups excluding tert-OH is 1. The molecule has 2 N–H and O–H groups in total. The van der Waals surface area contributed by atoms with Crippen molar-refractivity contribution in [2.75, 3.05) is 25.6 Å². The average molecular weight is 512 g/mol. The largest absolute Gasteiger partial charge is 0.474 e. The fourth-order valence-corrected chi connectivity index (χ4v) is 6.69. The van der Waals surface area contributed by atoms with E-state index < -0.39 is 0 Å². The minimum atomic E-state index is -0.193. The molecule has 1 aliphatic heterocycles. The monoisotopic (exact) mass is 511 g/mol. The first-order valence-corrected chi connectivity index (χ1v) is 14.0. The van der Waals surface area contributed by atoms with E-state index in [2.05, 4.69) is 49.8 Å². The molecule has 0 atom stereocenters. The van der Waals surface area contributed by atoms with E-state index in [9.17, 15) is 5.11 Å². The highest BCUT2D eigenvalue weighted by Gasteiger charge is 2.46. The first-order chi connectivity index (χ1) is 17.5.